The van der Waals surface area contributed by atoms with Gasteiger partial charge in [-0.15, -0.1) is 0 Å². The quantitative estimate of drug-likeness (QED) is 0.132. The van der Waals surface area contributed by atoms with Crippen LogP contribution in [0.2, 0.25) is 0 Å². The fourth-order valence-corrected chi connectivity index (χ4v) is 6.60. The first-order chi connectivity index (χ1) is 38.3. The SMILES string of the molecule is [2H]c1c([2H])c(Cc2c([2H])c3c([2H])c([2H])c([2H])c([2H])c3c3c([2H])c([2H])c([2H])c([2H])c23)c([2H])c(-c2c3c([2H])c([2H])c([2H])c([2H])c3c(-c3c([2H])c([2H])c4oc5c6c([2H])c([2H])c([2H])c([2H])c6c([2H])c([2H])c5c4c3[2H])c3c([2H])c([2H])c([2H])c([2H])c23)c1[2H]. The van der Waals surface area contributed by atoms with E-state index in [1.807, 2.05) is 0 Å². The van der Waals surface area contributed by atoms with Crippen LogP contribution in [0.3, 0.4) is 0 Å². The summed E-state index contributed by atoms with van der Waals surface area (Å²) in [5, 5.41) is -6.85. The normalized spacial score (nSPS) is 20.0. The molecule has 0 N–H and O–H groups in total. The van der Waals surface area contributed by atoms with Gasteiger partial charge in [0, 0.05) is 16.2 Å². The Kier molecular flexibility index (Phi) is 2.68. The lowest BCUT2D eigenvalue weighted by molar-refractivity contribution is 0.672. The summed E-state index contributed by atoms with van der Waals surface area (Å²) in [7, 11) is 0. The average Bonchev–Trinajstić information content (AvgIpc) is 2.04. The molecule has 0 unspecified atom stereocenters. The highest BCUT2D eigenvalue weighted by molar-refractivity contribution is 6.23. The third kappa shape index (κ3) is 4.43. The lowest BCUT2D eigenvalue weighted by Crippen LogP contribution is -1.94. The maximum absolute atomic E-state index is 9.95. The van der Waals surface area contributed by atoms with Crippen molar-refractivity contribution >= 4 is 75.8 Å². The van der Waals surface area contributed by atoms with Gasteiger partial charge in [0.2, 0.25) is 0 Å². The van der Waals surface area contributed by atoms with Crippen LogP contribution in [0.15, 0.2) is 186 Å². The summed E-state index contributed by atoms with van der Waals surface area (Å²) in [5.41, 5.74) is -5.31. The summed E-state index contributed by atoms with van der Waals surface area (Å²) in [6.45, 7) is 0. The molecule has 11 aromatic rings. The van der Waals surface area contributed by atoms with E-state index in [1.54, 1.807) is 0 Å². The Morgan fingerprint density at radius 2 is 0.942 bits per heavy atom. The molecule has 0 saturated heterocycles. The highest BCUT2D eigenvalue weighted by Crippen LogP contribution is 2.45. The van der Waals surface area contributed by atoms with E-state index in [0.29, 0.717) is 0 Å². The van der Waals surface area contributed by atoms with Crippen molar-refractivity contribution in [1.82, 2.24) is 0 Å². The van der Waals surface area contributed by atoms with Gasteiger partial charge in [0.05, 0.1) is 41.1 Å². The second kappa shape index (κ2) is 11.4. The van der Waals surface area contributed by atoms with Crippen molar-refractivity contribution in [3.05, 3.63) is 192 Å². The van der Waals surface area contributed by atoms with Crippen LogP contribution in [0.5, 0.6) is 0 Å². The Morgan fingerprint density at radius 1 is 0.365 bits per heavy atom. The first kappa shape index (κ1) is 12.2. The van der Waals surface area contributed by atoms with Crippen LogP contribution >= 0.6 is 0 Å². The van der Waals surface area contributed by atoms with Crippen molar-refractivity contribution in [2.24, 2.45) is 0 Å². The fourth-order valence-electron chi connectivity index (χ4n) is 6.60. The summed E-state index contributed by atoms with van der Waals surface area (Å²) in [4.78, 5) is 0. The van der Waals surface area contributed by atoms with Crippen LogP contribution in [-0.4, -0.2) is 0 Å². The molecule has 242 valence electrons. The molecule has 11 rings (SSSR count). The highest BCUT2D eigenvalue weighted by atomic mass is 16.3. The molecule has 0 fully saturated rings. The second-order valence-corrected chi connectivity index (χ2v) is 11.6. The van der Waals surface area contributed by atoms with E-state index in [4.69, 9.17) is 29.1 Å². The Bertz CT molecular complexity index is 4870. The highest BCUT2D eigenvalue weighted by Gasteiger charge is 2.19. The molecule has 0 saturated carbocycles. The minimum Gasteiger partial charge on any atom is -0.455 e. The first-order valence-corrected chi connectivity index (χ1v) is 15.6. The number of furan rings is 1. The molecule has 0 aliphatic rings. The fraction of sp³-hybridized carbons (Fsp3) is 0.0196. The summed E-state index contributed by atoms with van der Waals surface area (Å²) < 4.78 is 278. The lowest BCUT2D eigenvalue weighted by Gasteiger charge is -2.18. The largest absolute Gasteiger partial charge is 0.455 e. The molecule has 52 heavy (non-hydrogen) atoms. The maximum Gasteiger partial charge on any atom is 0.143 e. The third-order valence-corrected chi connectivity index (χ3v) is 8.79. The van der Waals surface area contributed by atoms with Crippen molar-refractivity contribution in [1.29, 1.82) is 0 Å². The van der Waals surface area contributed by atoms with Crippen LogP contribution in [0.25, 0.3) is 98.1 Å². The molecule has 1 nitrogen and oxygen atoms in total. The number of fused-ring (bicyclic) bond motifs is 10. The molecule has 0 bridgehead atoms. The minimum absolute atomic E-state index is 0.428. The van der Waals surface area contributed by atoms with Crippen LogP contribution in [-0.2, 0) is 6.42 Å². The summed E-state index contributed by atoms with van der Waals surface area (Å²) >= 11 is 0. The van der Waals surface area contributed by atoms with E-state index in [0.717, 1.165) is 0 Å². The van der Waals surface area contributed by atoms with E-state index in [9.17, 15) is 16.4 Å². The van der Waals surface area contributed by atoms with E-state index in [-0.39, 0.29) is 0 Å². The van der Waals surface area contributed by atoms with Crippen molar-refractivity contribution < 1.29 is 45.5 Å². The van der Waals surface area contributed by atoms with E-state index in [1.165, 1.54) is 0 Å². The van der Waals surface area contributed by atoms with Gasteiger partial charge in [-0.2, -0.15) is 0 Å². The predicted molar refractivity (Wildman–Crippen MR) is 221 cm³/mol. The maximum atomic E-state index is 9.95. The first-order valence-electron chi connectivity index (χ1n) is 30.6. The van der Waals surface area contributed by atoms with Gasteiger partial charge in [0.1, 0.15) is 11.2 Å². The number of benzene rings is 10. The van der Waals surface area contributed by atoms with Crippen molar-refractivity contribution in [2.45, 2.75) is 6.42 Å². The van der Waals surface area contributed by atoms with Crippen molar-refractivity contribution in [3.63, 3.8) is 0 Å². The summed E-state index contributed by atoms with van der Waals surface area (Å²) in [6.07, 6.45) is -0.947. The molecule has 1 heteroatoms. The molecule has 0 amide bonds. The van der Waals surface area contributed by atoms with Crippen molar-refractivity contribution in [2.75, 3.05) is 0 Å². The Hall–Kier alpha value is -6.70. The van der Waals surface area contributed by atoms with Gasteiger partial charge in [-0.05, 0) is 106 Å². The Morgan fingerprint density at radius 3 is 1.65 bits per heavy atom. The van der Waals surface area contributed by atoms with Crippen LogP contribution in [0.1, 0.15) is 52.2 Å². The standard InChI is InChI=1S/C51H32O/c1-4-18-40-33(13-1)24-26-46-47-31-36(25-27-48(47)52-51(40)46)50-44-22-9-7-20-42(44)49(43-21-8-10-23-45(43)50)35-15-11-12-32(28-35)29-37-30-34-14-2-3-16-38(34)41-19-6-5-17-39(37)41/h1-28,30-31H,29H2/i1D,2D,3D,4D,5D,6D,7D,8D,9D,10D,11D,12D,13D,14D,15D,16D,17D,18D,19D,20D,21D,22D,23D,24D,25D,26D,27D,28D,30D,31D. The van der Waals surface area contributed by atoms with Crippen LogP contribution in [0.4, 0.5) is 0 Å². The number of hydrogen-bond donors (Lipinski definition) is 0. The third-order valence-electron chi connectivity index (χ3n) is 8.79. The molecular weight excluding hydrogens is 629 g/mol. The molecule has 0 aliphatic heterocycles. The van der Waals surface area contributed by atoms with E-state index < -0.39 is 297 Å². The topological polar surface area (TPSA) is 13.1 Å². The van der Waals surface area contributed by atoms with Crippen LogP contribution in [0, 0.1) is 0 Å². The molecule has 0 atom stereocenters. The molecule has 1 heterocycles. The lowest BCUT2D eigenvalue weighted by atomic mass is 9.85. The Labute approximate surface area is 343 Å². The second-order valence-electron chi connectivity index (χ2n) is 11.6. The molecule has 1 aromatic heterocycles. The number of rotatable bonds is 4. The minimum atomic E-state index is -1.04. The van der Waals surface area contributed by atoms with Crippen molar-refractivity contribution in [3.8, 4) is 22.3 Å². The van der Waals surface area contributed by atoms with Gasteiger partial charge in [0.25, 0.3) is 0 Å². The monoisotopic (exact) mass is 690 g/mol. The van der Waals surface area contributed by atoms with E-state index >= 15 is 0 Å². The van der Waals surface area contributed by atoms with Gasteiger partial charge in [0.15, 0.2) is 0 Å². The zero-order chi connectivity index (χ0) is 60.3. The number of hydrogen-bond acceptors (Lipinski definition) is 1. The zero-order valence-electron chi connectivity index (χ0n) is 56.1. The summed E-state index contributed by atoms with van der Waals surface area (Å²) in [5.74, 6) is 0. The molecule has 0 spiro atoms. The summed E-state index contributed by atoms with van der Waals surface area (Å²) in [6, 6.07) is -26.6. The van der Waals surface area contributed by atoms with Gasteiger partial charge >= 0.3 is 0 Å². The zero-order valence-corrected chi connectivity index (χ0v) is 26.1. The molecule has 10 aromatic carbocycles. The van der Waals surface area contributed by atoms with Gasteiger partial charge < -0.3 is 4.42 Å². The Balaban J connectivity index is 1.35. The van der Waals surface area contributed by atoms with Gasteiger partial charge in [-0.25, -0.2) is 0 Å². The average molecular weight is 691 g/mol. The van der Waals surface area contributed by atoms with Gasteiger partial charge in [-0.3, -0.25) is 0 Å². The smallest absolute Gasteiger partial charge is 0.143 e. The van der Waals surface area contributed by atoms with Crippen LogP contribution < -0.4 is 0 Å². The molecule has 0 aliphatic carbocycles. The molecule has 0 radical (unpaired) electrons. The molecular formula is C51H32O. The predicted octanol–water partition coefficient (Wildman–Crippen LogP) is 14.3. The van der Waals surface area contributed by atoms with E-state index in [2.05, 4.69) is 0 Å². The van der Waals surface area contributed by atoms with Gasteiger partial charge in [-0.1, -0.05) is 163 Å².